The van der Waals surface area contributed by atoms with Gasteiger partial charge < -0.3 is 20.3 Å². The lowest BCUT2D eigenvalue weighted by molar-refractivity contribution is 0.103. The third-order valence-electron chi connectivity index (χ3n) is 2.84. The van der Waals surface area contributed by atoms with Gasteiger partial charge in [-0.25, -0.2) is 0 Å². The highest BCUT2D eigenvalue weighted by molar-refractivity contribution is 6.31. The molecule has 1 aromatic rings. The molecule has 0 unspecified atom stereocenters. The number of aryl methyl sites for hydroxylation is 1. The highest BCUT2D eigenvalue weighted by atomic mass is 35.5. The minimum atomic E-state index is -0.586. The van der Waals surface area contributed by atoms with Crippen LogP contribution in [0.25, 0.3) is 0 Å². The molecule has 0 heterocycles. The van der Waals surface area contributed by atoms with Crippen LogP contribution in [-0.2, 0) is 0 Å². The minimum Gasteiger partial charge on any atom is -0.491 e. The van der Waals surface area contributed by atoms with Gasteiger partial charge in [-0.1, -0.05) is 11.6 Å². The highest BCUT2D eigenvalue weighted by Crippen LogP contribution is 2.21. The van der Waals surface area contributed by atoms with Gasteiger partial charge in [-0.05, 0) is 44.0 Å². The number of hydrogen-bond donors (Lipinski definition) is 3. The Morgan fingerprint density at radius 2 is 2.16 bits per heavy atom. The molecule has 0 saturated carbocycles. The molecular formula is C14H22ClNO3. The monoisotopic (exact) mass is 287 g/mol. The second kappa shape index (κ2) is 8.38. The normalized spacial score (nSPS) is 14.2. The summed E-state index contributed by atoms with van der Waals surface area (Å²) >= 11 is 5.92. The van der Waals surface area contributed by atoms with Crippen molar-refractivity contribution in [1.82, 2.24) is 5.32 Å². The van der Waals surface area contributed by atoms with Crippen molar-refractivity contribution in [2.75, 3.05) is 19.8 Å². The first kappa shape index (κ1) is 16.2. The molecule has 0 amide bonds. The molecule has 4 nitrogen and oxygen atoms in total. The van der Waals surface area contributed by atoms with Crippen molar-refractivity contribution in [3.05, 3.63) is 28.8 Å². The summed E-state index contributed by atoms with van der Waals surface area (Å²) in [5, 5.41) is 22.4. The minimum absolute atomic E-state index is 0.144. The first-order valence-electron chi connectivity index (χ1n) is 6.44. The van der Waals surface area contributed by atoms with Gasteiger partial charge in [0.05, 0.1) is 0 Å². The van der Waals surface area contributed by atoms with Gasteiger partial charge in [0.2, 0.25) is 0 Å². The number of hydrogen-bond acceptors (Lipinski definition) is 4. The number of ether oxygens (including phenoxy) is 1. The molecule has 0 aliphatic rings. The first-order chi connectivity index (χ1) is 9.02. The molecule has 1 aromatic carbocycles. The van der Waals surface area contributed by atoms with E-state index in [-0.39, 0.29) is 19.3 Å². The van der Waals surface area contributed by atoms with E-state index in [2.05, 4.69) is 5.32 Å². The van der Waals surface area contributed by atoms with Gasteiger partial charge in [-0.3, -0.25) is 0 Å². The summed E-state index contributed by atoms with van der Waals surface area (Å²) in [6, 6.07) is 5.58. The van der Waals surface area contributed by atoms with Crippen LogP contribution in [0.1, 0.15) is 18.9 Å². The fraction of sp³-hybridized carbons (Fsp3) is 0.571. The van der Waals surface area contributed by atoms with Crippen molar-refractivity contribution in [1.29, 1.82) is 0 Å². The molecule has 0 aliphatic heterocycles. The molecule has 0 spiro atoms. The van der Waals surface area contributed by atoms with Crippen LogP contribution in [-0.4, -0.2) is 42.1 Å². The maximum atomic E-state index is 9.78. The van der Waals surface area contributed by atoms with E-state index in [4.69, 9.17) is 21.4 Å². The molecular weight excluding hydrogens is 266 g/mol. The van der Waals surface area contributed by atoms with Crippen molar-refractivity contribution in [3.8, 4) is 5.75 Å². The Balaban J connectivity index is 2.29. The summed E-state index contributed by atoms with van der Waals surface area (Å²) in [5.74, 6) is 0.698. The van der Waals surface area contributed by atoms with Crippen LogP contribution in [0.4, 0.5) is 0 Å². The number of halogens is 1. The average Bonchev–Trinajstić information content (AvgIpc) is 2.38. The molecule has 108 valence electrons. The van der Waals surface area contributed by atoms with E-state index in [1.54, 1.807) is 12.1 Å². The molecule has 2 atom stereocenters. The highest BCUT2D eigenvalue weighted by Gasteiger charge is 2.08. The molecule has 3 N–H and O–H groups in total. The van der Waals surface area contributed by atoms with Crippen molar-refractivity contribution in [2.24, 2.45) is 0 Å². The second-order valence-electron chi connectivity index (χ2n) is 4.70. The van der Waals surface area contributed by atoms with E-state index >= 15 is 0 Å². The standard InChI is InChI=1S/C14H22ClNO3/c1-10-7-13(3-4-14(10)15)19-9-12(18)8-16-11(2)5-6-17/h3-4,7,11-12,16-18H,5-6,8-9H2,1-2H3/t11-,12+/m1/s1. The summed E-state index contributed by atoms with van der Waals surface area (Å²) in [4.78, 5) is 0. The Kier molecular flexibility index (Phi) is 7.16. The van der Waals surface area contributed by atoms with Gasteiger partial charge in [0.1, 0.15) is 18.5 Å². The zero-order chi connectivity index (χ0) is 14.3. The second-order valence-corrected chi connectivity index (χ2v) is 5.10. The number of rotatable bonds is 8. The summed E-state index contributed by atoms with van der Waals surface area (Å²) in [7, 11) is 0. The van der Waals surface area contributed by atoms with Crippen LogP contribution in [0.3, 0.4) is 0 Å². The van der Waals surface area contributed by atoms with E-state index < -0.39 is 6.10 Å². The first-order valence-corrected chi connectivity index (χ1v) is 6.82. The van der Waals surface area contributed by atoms with E-state index in [9.17, 15) is 5.11 Å². The van der Waals surface area contributed by atoms with Crippen LogP contribution < -0.4 is 10.1 Å². The third-order valence-corrected chi connectivity index (χ3v) is 3.26. The smallest absolute Gasteiger partial charge is 0.119 e. The number of benzene rings is 1. The summed E-state index contributed by atoms with van der Waals surface area (Å²) < 4.78 is 5.50. The topological polar surface area (TPSA) is 61.7 Å². The maximum absolute atomic E-state index is 9.78. The zero-order valence-corrected chi connectivity index (χ0v) is 12.2. The molecule has 1 rings (SSSR count). The van der Waals surface area contributed by atoms with Crippen molar-refractivity contribution >= 4 is 11.6 Å². The van der Waals surface area contributed by atoms with Gasteiger partial charge in [0, 0.05) is 24.2 Å². The van der Waals surface area contributed by atoms with Crippen LogP contribution in [0.5, 0.6) is 5.75 Å². The number of nitrogens with one attached hydrogen (secondary N) is 1. The van der Waals surface area contributed by atoms with E-state index in [0.717, 1.165) is 5.56 Å². The lowest BCUT2D eigenvalue weighted by Gasteiger charge is -2.17. The fourth-order valence-electron chi connectivity index (χ4n) is 1.59. The largest absolute Gasteiger partial charge is 0.491 e. The maximum Gasteiger partial charge on any atom is 0.119 e. The number of aliphatic hydroxyl groups excluding tert-OH is 2. The Bertz CT molecular complexity index is 387. The Labute approximate surface area is 119 Å². The van der Waals surface area contributed by atoms with E-state index in [1.165, 1.54) is 0 Å². The lowest BCUT2D eigenvalue weighted by Crippen LogP contribution is -2.37. The van der Waals surface area contributed by atoms with Crippen LogP contribution in [0.15, 0.2) is 18.2 Å². The molecule has 19 heavy (non-hydrogen) atoms. The number of aliphatic hydroxyl groups is 2. The molecule has 0 aliphatic carbocycles. The Morgan fingerprint density at radius 3 is 2.79 bits per heavy atom. The summed E-state index contributed by atoms with van der Waals surface area (Å²) in [6.45, 7) is 4.68. The molecule has 5 heteroatoms. The summed E-state index contributed by atoms with van der Waals surface area (Å²) in [6.07, 6.45) is 0.0846. The quantitative estimate of drug-likeness (QED) is 0.682. The molecule has 0 fully saturated rings. The van der Waals surface area contributed by atoms with Crippen LogP contribution >= 0.6 is 11.6 Å². The van der Waals surface area contributed by atoms with Crippen LogP contribution in [0, 0.1) is 6.92 Å². The third kappa shape index (κ3) is 6.25. The Hall–Kier alpha value is -0.810. The SMILES string of the molecule is Cc1cc(OC[C@@H](O)CN[C@H](C)CCO)ccc1Cl. The predicted octanol–water partition coefficient (Wildman–Crippen LogP) is 1.75. The van der Waals surface area contributed by atoms with Crippen LogP contribution in [0.2, 0.25) is 5.02 Å². The molecule has 0 saturated heterocycles. The zero-order valence-electron chi connectivity index (χ0n) is 11.4. The predicted molar refractivity (Wildman–Crippen MR) is 76.9 cm³/mol. The molecule has 0 radical (unpaired) electrons. The van der Waals surface area contributed by atoms with Gasteiger partial charge in [0.25, 0.3) is 0 Å². The average molecular weight is 288 g/mol. The molecule has 0 bridgehead atoms. The fourth-order valence-corrected chi connectivity index (χ4v) is 1.71. The van der Waals surface area contributed by atoms with Gasteiger partial charge >= 0.3 is 0 Å². The summed E-state index contributed by atoms with van der Waals surface area (Å²) in [5.41, 5.74) is 0.948. The van der Waals surface area contributed by atoms with Gasteiger partial charge in [-0.2, -0.15) is 0 Å². The molecule has 0 aromatic heterocycles. The van der Waals surface area contributed by atoms with E-state index in [0.29, 0.717) is 23.7 Å². The van der Waals surface area contributed by atoms with Gasteiger partial charge in [0.15, 0.2) is 0 Å². The van der Waals surface area contributed by atoms with Gasteiger partial charge in [-0.15, -0.1) is 0 Å². The van der Waals surface area contributed by atoms with Crippen molar-refractivity contribution in [3.63, 3.8) is 0 Å². The van der Waals surface area contributed by atoms with E-state index in [1.807, 2.05) is 19.9 Å². The van der Waals surface area contributed by atoms with Crippen molar-refractivity contribution in [2.45, 2.75) is 32.4 Å². The lowest BCUT2D eigenvalue weighted by atomic mass is 10.2. The Morgan fingerprint density at radius 1 is 1.42 bits per heavy atom. The van der Waals surface area contributed by atoms with Crippen molar-refractivity contribution < 1.29 is 14.9 Å².